The van der Waals surface area contributed by atoms with Crippen molar-refractivity contribution < 1.29 is 19.4 Å². The Morgan fingerprint density at radius 2 is 2.12 bits per heavy atom. The van der Waals surface area contributed by atoms with E-state index in [4.69, 9.17) is 9.47 Å². The van der Waals surface area contributed by atoms with Gasteiger partial charge >= 0.3 is 0 Å². The Balaban J connectivity index is 1.56. The zero-order valence-corrected chi connectivity index (χ0v) is 13.6. The molecular weight excluding hydrogens is 306 g/mol. The molecule has 0 bridgehead atoms. The predicted molar refractivity (Wildman–Crippen MR) is 90.1 cm³/mol. The molecule has 5 nitrogen and oxygen atoms in total. The van der Waals surface area contributed by atoms with Gasteiger partial charge in [0.2, 0.25) is 5.91 Å². The standard InChI is InChI=1S/C19H21NO4/c1-23-16-8-7-14-9-15(12-24-18(14)10-16)19(22)20-11-17(21)13-5-3-2-4-6-13/h2-8,10,15,17,21H,9,11-12H2,1H3,(H,20,22)/t15-,17-/m1/s1. The molecule has 0 spiro atoms. The van der Waals surface area contributed by atoms with Crippen molar-refractivity contribution in [1.82, 2.24) is 5.32 Å². The number of aliphatic hydroxyl groups excluding tert-OH is 1. The lowest BCUT2D eigenvalue weighted by Gasteiger charge is -2.25. The summed E-state index contributed by atoms with van der Waals surface area (Å²) in [4.78, 5) is 12.3. The van der Waals surface area contributed by atoms with Crippen molar-refractivity contribution in [3.63, 3.8) is 0 Å². The molecule has 126 valence electrons. The average Bonchev–Trinajstić information content (AvgIpc) is 2.65. The maximum atomic E-state index is 12.3. The highest BCUT2D eigenvalue weighted by Crippen LogP contribution is 2.31. The topological polar surface area (TPSA) is 67.8 Å². The Hall–Kier alpha value is -2.53. The molecule has 0 saturated carbocycles. The molecule has 1 aliphatic heterocycles. The highest BCUT2D eigenvalue weighted by molar-refractivity contribution is 5.79. The minimum atomic E-state index is -0.712. The van der Waals surface area contributed by atoms with Gasteiger partial charge in [-0.25, -0.2) is 0 Å². The van der Waals surface area contributed by atoms with Crippen LogP contribution in [-0.2, 0) is 11.2 Å². The number of aliphatic hydroxyl groups is 1. The summed E-state index contributed by atoms with van der Waals surface area (Å²) in [5, 5.41) is 12.9. The van der Waals surface area contributed by atoms with Gasteiger partial charge in [0.1, 0.15) is 18.1 Å². The van der Waals surface area contributed by atoms with Gasteiger partial charge in [-0.05, 0) is 23.6 Å². The largest absolute Gasteiger partial charge is 0.497 e. The van der Waals surface area contributed by atoms with Crippen LogP contribution in [0.25, 0.3) is 0 Å². The molecule has 0 radical (unpaired) electrons. The monoisotopic (exact) mass is 327 g/mol. The van der Waals surface area contributed by atoms with Gasteiger partial charge in [0.25, 0.3) is 0 Å². The van der Waals surface area contributed by atoms with Crippen LogP contribution in [0.4, 0.5) is 0 Å². The van der Waals surface area contributed by atoms with E-state index in [0.29, 0.717) is 13.0 Å². The van der Waals surface area contributed by atoms with E-state index in [9.17, 15) is 9.90 Å². The van der Waals surface area contributed by atoms with Crippen molar-refractivity contribution in [2.45, 2.75) is 12.5 Å². The maximum absolute atomic E-state index is 12.3. The SMILES string of the molecule is COc1ccc2c(c1)OC[C@H](C(=O)NC[C@@H](O)c1ccccc1)C2. The molecular formula is C19H21NO4. The summed E-state index contributed by atoms with van der Waals surface area (Å²) < 4.78 is 10.9. The first kappa shape index (κ1) is 16.3. The average molecular weight is 327 g/mol. The van der Waals surface area contributed by atoms with Gasteiger partial charge < -0.3 is 19.9 Å². The second kappa shape index (κ2) is 7.36. The van der Waals surface area contributed by atoms with E-state index in [1.165, 1.54) is 0 Å². The molecule has 2 aromatic rings. The van der Waals surface area contributed by atoms with Crippen LogP contribution >= 0.6 is 0 Å². The summed E-state index contributed by atoms with van der Waals surface area (Å²) >= 11 is 0. The van der Waals surface area contributed by atoms with Crippen LogP contribution < -0.4 is 14.8 Å². The molecule has 1 amide bonds. The van der Waals surface area contributed by atoms with Gasteiger partial charge in [-0.1, -0.05) is 36.4 Å². The molecule has 2 aromatic carbocycles. The highest BCUT2D eigenvalue weighted by atomic mass is 16.5. The molecule has 0 saturated heterocycles. The van der Waals surface area contributed by atoms with Crippen molar-refractivity contribution >= 4 is 5.91 Å². The zero-order chi connectivity index (χ0) is 16.9. The molecule has 0 unspecified atom stereocenters. The summed E-state index contributed by atoms with van der Waals surface area (Å²) in [5.74, 6) is 1.14. The van der Waals surface area contributed by atoms with Crippen molar-refractivity contribution in [2.24, 2.45) is 5.92 Å². The van der Waals surface area contributed by atoms with E-state index in [2.05, 4.69) is 5.32 Å². The Morgan fingerprint density at radius 3 is 2.88 bits per heavy atom. The fourth-order valence-electron chi connectivity index (χ4n) is 2.78. The lowest BCUT2D eigenvalue weighted by atomic mass is 9.95. The molecule has 3 rings (SSSR count). The minimum absolute atomic E-state index is 0.105. The molecule has 1 aliphatic rings. The van der Waals surface area contributed by atoms with Gasteiger partial charge in [-0.3, -0.25) is 4.79 Å². The Bertz CT molecular complexity index is 702. The van der Waals surface area contributed by atoms with Gasteiger partial charge in [0, 0.05) is 12.6 Å². The number of hydrogen-bond acceptors (Lipinski definition) is 4. The van der Waals surface area contributed by atoms with Gasteiger partial charge in [0.05, 0.1) is 19.1 Å². The summed E-state index contributed by atoms with van der Waals surface area (Å²) in [6.07, 6.45) is -0.0942. The lowest BCUT2D eigenvalue weighted by Crippen LogP contribution is -2.39. The number of carbonyl (C=O) groups is 1. The van der Waals surface area contributed by atoms with Crippen molar-refractivity contribution in [2.75, 3.05) is 20.3 Å². The summed E-state index contributed by atoms with van der Waals surface area (Å²) in [6, 6.07) is 14.9. The van der Waals surface area contributed by atoms with E-state index in [1.807, 2.05) is 48.5 Å². The quantitative estimate of drug-likeness (QED) is 0.882. The van der Waals surface area contributed by atoms with Gasteiger partial charge in [0.15, 0.2) is 0 Å². The van der Waals surface area contributed by atoms with Crippen LogP contribution in [-0.4, -0.2) is 31.3 Å². The number of carbonyl (C=O) groups excluding carboxylic acids is 1. The molecule has 2 N–H and O–H groups in total. The lowest BCUT2D eigenvalue weighted by molar-refractivity contribution is -0.126. The first-order valence-electron chi connectivity index (χ1n) is 7.98. The highest BCUT2D eigenvalue weighted by Gasteiger charge is 2.26. The number of methoxy groups -OCH3 is 1. The molecule has 5 heteroatoms. The Kier molecular flexibility index (Phi) is 5.01. The third-order valence-electron chi connectivity index (χ3n) is 4.21. The molecule has 0 aromatic heterocycles. The van der Waals surface area contributed by atoms with Crippen LogP contribution in [0.2, 0.25) is 0 Å². The van der Waals surface area contributed by atoms with Crippen LogP contribution in [0, 0.1) is 5.92 Å². The smallest absolute Gasteiger partial charge is 0.226 e. The number of fused-ring (bicyclic) bond motifs is 1. The maximum Gasteiger partial charge on any atom is 0.226 e. The third-order valence-corrected chi connectivity index (χ3v) is 4.21. The van der Waals surface area contributed by atoms with Crippen LogP contribution in [0.1, 0.15) is 17.2 Å². The van der Waals surface area contributed by atoms with E-state index < -0.39 is 6.10 Å². The molecule has 0 fully saturated rings. The number of rotatable bonds is 5. The second-order valence-corrected chi connectivity index (χ2v) is 5.86. The fourth-order valence-corrected chi connectivity index (χ4v) is 2.78. The summed E-state index contributed by atoms with van der Waals surface area (Å²) in [5.41, 5.74) is 1.78. The molecule has 1 heterocycles. The molecule has 24 heavy (non-hydrogen) atoms. The number of nitrogens with one attached hydrogen (secondary N) is 1. The fraction of sp³-hybridized carbons (Fsp3) is 0.316. The minimum Gasteiger partial charge on any atom is -0.497 e. The van der Waals surface area contributed by atoms with Crippen LogP contribution in [0.3, 0.4) is 0 Å². The predicted octanol–water partition coefficient (Wildman–Crippen LogP) is 2.10. The van der Waals surface area contributed by atoms with E-state index >= 15 is 0 Å². The number of hydrogen-bond donors (Lipinski definition) is 2. The van der Waals surface area contributed by atoms with E-state index in [0.717, 1.165) is 22.6 Å². The summed E-state index contributed by atoms with van der Waals surface area (Å²) in [7, 11) is 1.61. The van der Waals surface area contributed by atoms with Crippen LogP contribution in [0.5, 0.6) is 11.5 Å². The van der Waals surface area contributed by atoms with Crippen molar-refractivity contribution in [1.29, 1.82) is 0 Å². The second-order valence-electron chi connectivity index (χ2n) is 5.86. The van der Waals surface area contributed by atoms with E-state index in [1.54, 1.807) is 7.11 Å². The number of amides is 1. The third kappa shape index (κ3) is 3.68. The first-order chi connectivity index (χ1) is 11.7. The van der Waals surface area contributed by atoms with Gasteiger partial charge in [-0.15, -0.1) is 0 Å². The summed E-state index contributed by atoms with van der Waals surface area (Å²) in [6.45, 7) is 0.516. The van der Waals surface area contributed by atoms with Crippen molar-refractivity contribution in [3.8, 4) is 11.5 Å². The molecule has 0 aliphatic carbocycles. The number of ether oxygens (including phenoxy) is 2. The number of benzene rings is 2. The Morgan fingerprint density at radius 1 is 1.33 bits per heavy atom. The zero-order valence-electron chi connectivity index (χ0n) is 13.6. The normalized spacial score (nSPS) is 17.3. The molecule has 2 atom stereocenters. The van der Waals surface area contributed by atoms with Crippen LogP contribution in [0.15, 0.2) is 48.5 Å². The van der Waals surface area contributed by atoms with Crippen molar-refractivity contribution in [3.05, 3.63) is 59.7 Å². The van der Waals surface area contributed by atoms with E-state index in [-0.39, 0.29) is 18.4 Å². The Labute approximate surface area is 141 Å². The first-order valence-corrected chi connectivity index (χ1v) is 7.98. The van der Waals surface area contributed by atoms with Gasteiger partial charge in [-0.2, -0.15) is 0 Å².